The van der Waals surface area contributed by atoms with Crippen molar-refractivity contribution < 1.29 is 4.74 Å². The van der Waals surface area contributed by atoms with Gasteiger partial charge in [-0.2, -0.15) is 0 Å². The van der Waals surface area contributed by atoms with E-state index in [9.17, 15) is 0 Å². The van der Waals surface area contributed by atoms with E-state index in [0.717, 1.165) is 51.6 Å². The Labute approximate surface area is 103 Å². The zero-order chi connectivity index (χ0) is 11.9. The molecule has 2 heterocycles. The van der Waals surface area contributed by atoms with Gasteiger partial charge in [0.15, 0.2) is 0 Å². The molecule has 0 spiro atoms. The van der Waals surface area contributed by atoms with Gasteiger partial charge in [0.25, 0.3) is 0 Å². The van der Waals surface area contributed by atoms with Crippen molar-refractivity contribution in [3.05, 3.63) is 23.9 Å². The van der Waals surface area contributed by atoms with Gasteiger partial charge in [0.1, 0.15) is 5.82 Å². The van der Waals surface area contributed by atoms with Gasteiger partial charge in [-0.25, -0.2) is 4.98 Å². The Balaban J connectivity index is 1.88. The minimum Gasteiger partial charge on any atom is -0.380 e. The first-order valence-corrected chi connectivity index (χ1v) is 6.37. The summed E-state index contributed by atoms with van der Waals surface area (Å²) in [5.41, 5.74) is 1.27. The molecule has 0 amide bonds. The van der Waals surface area contributed by atoms with Gasteiger partial charge in [0, 0.05) is 39.0 Å². The minimum absolute atomic E-state index is 0.850. The molecule has 0 radical (unpaired) electrons. The van der Waals surface area contributed by atoms with Crippen LogP contribution in [-0.2, 0) is 11.3 Å². The summed E-state index contributed by atoms with van der Waals surface area (Å²) in [7, 11) is 0. The average molecular weight is 235 g/mol. The van der Waals surface area contributed by atoms with Gasteiger partial charge in [0.2, 0.25) is 0 Å². The van der Waals surface area contributed by atoms with E-state index in [1.165, 1.54) is 5.56 Å². The van der Waals surface area contributed by atoms with Crippen molar-refractivity contribution in [2.45, 2.75) is 19.9 Å². The summed E-state index contributed by atoms with van der Waals surface area (Å²) in [6, 6.07) is 4.20. The zero-order valence-electron chi connectivity index (χ0n) is 10.5. The van der Waals surface area contributed by atoms with Crippen LogP contribution in [-0.4, -0.2) is 42.7 Å². The summed E-state index contributed by atoms with van der Waals surface area (Å²) < 4.78 is 5.45. The van der Waals surface area contributed by atoms with E-state index in [1.807, 2.05) is 12.3 Å². The molecule has 1 aromatic rings. The summed E-state index contributed by atoms with van der Waals surface area (Å²) >= 11 is 0. The largest absolute Gasteiger partial charge is 0.380 e. The second kappa shape index (κ2) is 6.57. The SMILES string of the molecule is CCNc1ccc(CN2CCCOCC2)cn1. The Morgan fingerprint density at radius 3 is 3.06 bits per heavy atom. The molecule has 2 rings (SSSR count). The maximum Gasteiger partial charge on any atom is 0.125 e. The molecule has 1 aliphatic rings. The molecule has 0 bridgehead atoms. The molecule has 0 saturated carbocycles. The fourth-order valence-electron chi connectivity index (χ4n) is 2.02. The van der Waals surface area contributed by atoms with E-state index in [2.05, 4.69) is 28.2 Å². The highest BCUT2D eigenvalue weighted by Gasteiger charge is 2.09. The first kappa shape index (κ1) is 12.3. The Hall–Kier alpha value is -1.13. The van der Waals surface area contributed by atoms with Crippen LogP contribution in [0.2, 0.25) is 0 Å². The molecule has 1 aromatic heterocycles. The molecule has 0 atom stereocenters. The molecule has 4 heteroatoms. The third-order valence-corrected chi connectivity index (χ3v) is 2.90. The first-order valence-electron chi connectivity index (χ1n) is 6.37. The van der Waals surface area contributed by atoms with Crippen LogP contribution in [0.4, 0.5) is 5.82 Å². The highest BCUT2D eigenvalue weighted by molar-refractivity contribution is 5.35. The number of aromatic nitrogens is 1. The minimum atomic E-state index is 0.850. The summed E-state index contributed by atoms with van der Waals surface area (Å²) in [5.74, 6) is 0.954. The van der Waals surface area contributed by atoms with Gasteiger partial charge in [-0.15, -0.1) is 0 Å². The van der Waals surface area contributed by atoms with Crippen LogP contribution in [0.3, 0.4) is 0 Å². The number of hydrogen-bond donors (Lipinski definition) is 1. The van der Waals surface area contributed by atoms with E-state index in [4.69, 9.17) is 4.74 Å². The second-order valence-corrected chi connectivity index (χ2v) is 4.32. The third-order valence-electron chi connectivity index (χ3n) is 2.90. The van der Waals surface area contributed by atoms with E-state index in [1.54, 1.807) is 0 Å². The lowest BCUT2D eigenvalue weighted by Crippen LogP contribution is -2.25. The van der Waals surface area contributed by atoms with E-state index < -0.39 is 0 Å². The fourth-order valence-corrected chi connectivity index (χ4v) is 2.02. The van der Waals surface area contributed by atoms with Crippen molar-refractivity contribution in [2.24, 2.45) is 0 Å². The normalized spacial score (nSPS) is 17.7. The van der Waals surface area contributed by atoms with E-state index >= 15 is 0 Å². The van der Waals surface area contributed by atoms with Gasteiger partial charge in [-0.1, -0.05) is 6.07 Å². The van der Waals surface area contributed by atoms with Crippen molar-refractivity contribution >= 4 is 5.82 Å². The topological polar surface area (TPSA) is 37.4 Å². The number of nitrogens with zero attached hydrogens (tertiary/aromatic N) is 2. The highest BCUT2D eigenvalue weighted by Crippen LogP contribution is 2.09. The Morgan fingerprint density at radius 2 is 2.29 bits per heavy atom. The van der Waals surface area contributed by atoms with Gasteiger partial charge in [-0.3, -0.25) is 4.90 Å². The highest BCUT2D eigenvalue weighted by atomic mass is 16.5. The maximum absolute atomic E-state index is 5.45. The number of nitrogens with one attached hydrogen (secondary N) is 1. The van der Waals surface area contributed by atoms with Crippen LogP contribution >= 0.6 is 0 Å². The van der Waals surface area contributed by atoms with Crippen LogP contribution in [0.15, 0.2) is 18.3 Å². The third kappa shape index (κ3) is 3.98. The predicted octanol–water partition coefficient (Wildman–Crippen LogP) is 1.74. The lowest BCUT2D eigenvalue weighted by molar-refractivity contribution is 0.140. The molecular weight excluding hydrogens is 214 g/mol. The van der Waals surface area contributed by atoms with Crippen molar-refractivity contribution in [3.63, 3.8) is 0 Å². The van der Waals surface area contributed by atoms with Gasteiger partial charge in [0.05, 0.1) is 6.61 Å². The van der Waals surface area contributed by atoms with Crippen LogP contribution < -0.4 is 5.32 Å². The molecular formula is C13H21N3O. The van der Waals surface area contributed by atoms with Gasteiger partial charge >= 0.3 is 0 Å². The van der Waals surface area contributed by atoms with E-state index in [0.29, 0.717) is 0 Å². The van der Waals surface area contributed by atoms with Gasteiger partial charge < -0.3 is 10.1 Å². The average Bonchev–Trinajstić information content (AvgIpc) is 2.61. The number of pyridine rings is 1. The molecule has 4 nitrogen and oxygen atoms in total. The Kier molecular flexibility index (Phi) is 4.76. The number of hydrogen-bond acceptors (Lipinski definition) is 4. The first-order chi connectivity index (χ1) is 8.38. The van der Waals surface area contributed by atoms with Crippen molar-refractivity contribution in [1.82, 2.24) is 9.88 Å². The summed E-state index contributed by atoms with van der Waals surface area (Å²) in [4.78, 5) is 6.82. The molecule has 0 aromatic carbocycles. The lowest BCUT2D eigenvalue weighted by atomic mass is 10.2. The molecule has 1 N–H and O–H groups in total. The number of anilines is 1. The van der Waals surface area contributed by atoms with Crippen LogP contribution in [0.1, 0.15) is 18.9 Å². The molecule has 94 valence electrons. The van der Waals surface area contributed by atoms with Gasteiger partial charge in [-0.05, 0) is 25.0 Å². The Bertz CT molecular complexity index is 318. The lowest BCUT2D eigenvalue weighted by Gasteiger charge is -2.18. The summed E-state index contributed by atoms with van der Waals surface area (Å²) in [6.07, 6.45) is 3.09. The Morgan fingerprint density at radius 1 is 1.35 bits per heavy atom. The molecule has 17 heavy (non-hydrogen) atoms. The van der Waals surface area contributed by atoms with E-state index in [-0.39, 0.29) is 0 Å². The van der Waals surface area contributed by atoms with Crippen LogP contribution in [0, 0.1) is 0 Å². The maximum atomic E-state index is 5.45. The summed E-state index contributed by atoms with van der Waals surface area (Å²) in [6.45, 7) is 7.85. The molecule has 1 saturated heterocycles. The smallest absolute Gasteiger partial charge is 0.125 e. The van der Waals surface area contributed by atoms with Crippen molar-refractivity contribution in [1.29, 1.82) is 0 Å². The second-order valence-electron chi connectivity index (χ2n) is 4.32. The van der Waals surface area contributed by atoms with Crippen LogP contribution in [0.25, 0.3) is 0 Å². The molecule has 1 fully saturated rings. The molecule has 0 aliphatic carbocycles. The van der Waals surface area contributed by atoms with Crippen LogP contribution in [0.5, 0.6) is 0 Å². The van der Waals surface area contributed by atoms with Crippen molar-refractivity contribution in [2.75, 3.05) is 38.2 Å². The monoisotopic (exact) mass is 235 g/mol. The summed E-state index contributed by atoms with van der Waals surface area (Å²) in [5, 5.41) is 3.20. The zero-order valence-corrected chi connectivity index (χ0v) is 10.5. The molecule has 0 unspecified atom stereocenters. The fraction of sp³-hybridized carbons (Fsp3) is 0.615. The number of rotatable bonds is 4. The van der Waals surface area contributed by atoms with Crippen molar-refractivity contribution in [3.8, 4) is 0 Å². The standard InChI is InChI=1S/C13H21N3O/c1-2-14-13-5-4-12(10-15-13)11-16-6-3-8-17-9-7-16/h4-5,10H,2-3,6-9,11H2,1H3,(H,14,15). The quantitative estimate of drug-likeness (QED) is 0.862. The predicted molar refractivity (Wildman–Crippen MR) is 69.1 cm³/mol. The molecule has 1 aliphatic heterocycles. The number of ether oxygens (including phenoxy) is 1.